The molecule has 2 saturated heterocycles. The van der Waals surface area contributed by atoms with E-state index in [1.54, 1.807) is 0 Å². The third-order valence-corrected chi connectivity index (χ3v) is 5.69. The van der Waals surface area contributed by atoms with E-state index in [0.29, 0.717) is 11.9 Å². The van der Waals surface area contributed by atoms with Crippen LogP contribution in [0, 0.1) is 13.8 Å². The largest absolute Gasteiger partial charge is 0.337 e. The van der Waals surface area contributed by atoms with Crippen LogP contribution in [0.5, 0.6) is 0 Å². The molecule has 0 aliphatic carbocycles. The number of carbonyl (C=O) groups excluding carboxylic acids is 1. The van der Waals surface area contributed by atoms with Crippen LogP contribution in [0.2, 0.25) is 0 Å². The van der Waals surface area contributed by atoms with E-state index in [0.717, 1.165) is 44.7 Å². The number of benzene rings is 1. The lowest BCUT2D eigenvalue weighted by atomic mass is 9.97. The summed E-state index contributed by atoms with van der Waals surface area (Å²) in [4.78, 5) is 17.5. The molecule has 138 valence electrons. The third-order valence-electron chi connectivity index (χ3n) is 5.69. The van der Waals surface area contributed by atoms with E-state index in [-0.39, 0.29) is 6.04 Å². The Labute approximate surface area is 155 Å². The fraction of sp³-hybridized carbons (Fsp3) is 0.524. The first-order valence-electron chi connectivity index (χ1n) is 9.71. The molecule has 1 aromatic carbocycles. The molecule has 5 nitrogen and oxygen atoms in total. The Morgan fingerprint density at radius 3 is 2.62 bits per heavy atom. The molecule has 0 spiro atoms. The Morgan fingerprint density at radius 2 is 1.92 bits per heavy atom. The summed E-state index contributed by atoms with van der Waals surface area (Å²) in [5.74, 6) is 0.304. The lowest BCUT2D eigenvalue weighted by molar-refractivity contribution is -0.144. The highest BCUT2D eigenvalue weighted by atomic mass is 16.2. The molecule has 2 aliphatic heterocycles. The maximum atomic E-state index is 13.1. The van der Waals surface area contributed by atoms with E-state index in [9.17, 15) is 4.79 Å². The highest BCUT2D eigenvalue weighted by molar-refractivity contribution is 5.82. The van der Waals surface area contributed by atoms with Crippen molar-refractivity contribution in [3.63, 3.8) is 0 Å². The van der Waals surface area contributed by atoms with E-state index in [1.807, 2.05) is 17.9 Å². The summed E-state index contributed by atoms with van der Waals surface area (Å²) in [6, 6.07) is 13.0. The molecular weight excluding hydrogens is 324 g/mol. The number of amides is 1. The van der Waals surface area contributed by atoms with E-state index in [2.05, 4.69) is 51.9 Å². The third kappa shape index (κ3) is 3.40. The topological polar surface area (TPSA) is 41.4 Å². The number of aromatic nitrogens is 2. The predicted molar refractivity (Wildman–Crippen MR) is 102 cm³/mol. The minimum Gasteiger partial charge on any atom is -0.337 e. The number of carbonyl (C=O) groups is 1. The molecule has 26 heavy (non-hydrogen) atoms. The average Bonchev–Trinajstić information content (AvgIpc) is 2.93. The van der Waals surface area contributed by atoms with Gasteiger partial charge in [0, 0.05) is 25.3 Å². The van der Waals surface area contributed by atoms with Crippen LogP contribution in [-0.4, -0.2) is 51.2 Å². The van der Waals surface area contributed by atoms with Gasteiger partial charge in [-0.3, -0.25) is 14.4 Å². The van der Waals surface area contributed by atoms with E-state index < -0.39 is 0 Å². The van der Waals surface area contributed by atoms with Gasteiger partial charge in [-0.25, -0.2) is 0 Å². The van der Waals surface area contributed by atoms with Crippen molar-refractivity contribution in [3.05, 3.63) is 53.3 Å². The second-order valence-corrected chi connectivity index (χ2v) is 7.74. The number of hydrogen-bond acceptors (Lipinski definition) is 3. The second-order valence-electron chi connectivity index (χ2n) is 7.74. The molecule has 0 radical (unpaired) electrons. The summed E-state index contributed by atoms with van der Waals surface area (Å²) < 4.78 is 2.09. The molecule has 1 amide bonds. The SMILES string of the molecule is Cc1cc(C)n(C2CN(C(=O)[C@H]3CCCCN3Cc3ccccc3)C2)n1. The predicted octanol–water partition coefficient (Wildman–Crippen LogP) is 2.94. The normalized spacial score (nSPS) is 21.6. The fourth-order valence-corrected chi connectivity index (χ4v) is 4.29. The molecule has 0 bridgehead atoms. The van der Waals surface area contributed by atoms with Crippen LogP contribution in [0.25, 0.3) is 0 Å². The maximum absolute atomic E-state index is 13.1. The van der Waals surface area contributed by atoms with Gasteiger partial charge < -0.3 is 4.90 Å². The van der Waals surface area contributed by atoms with Crippen molar-refractivity contribution >= 4 is 5.91 Å². The van der Waals surface area contributed by atoms with Gasteiger partial charge in [0.1, 0.15) is 0 Å². The summed E-state index contributed by atoms with van der Waals surface area (Å²) in [5, 5.41) is 4.58. The number of piperidine rings is 1. The summed E-state index contributed by atoms with van der Waals surface area (Å²) in [6.45, 7) is 7.57. The van der Waals surface area contributed by atoms with Crippen molar-refractivity contribution in [2.45, 2.75) is 51.7 Å². The van der Waals surface area contributed by atoms with Crippen molar-refractivity contribution in [2.24, 2.45) is 0 Å². The van der Waals surface area contributed by atoms with E-state index in [1.165, 1.54) is 17.7 Å². The summed E-state index contributed by atoms with van der Waals surface area (Å²) in [6.07, 6.45) is 3.31. The molecule has 5 heteroatoms. The minimum absolute atomic E-state index is 0.0327. The summed E-state index contributed by atoms with van der Waals surface area (Å²) in [7, 11) is 0. The Morgan fingerprint density at radius 1 is 1.15 bits per heavy atom. The smallest absolute Gasteiger partial charge is 0.240 e. The van der Waals surface area contributed by atoms with E-state index >= 15 is 0 Å². The van der Waals surface area contributed by atoms with Crippen LogP contribution in [0.3, 0.4) is 0 Å². The Kier molecular flexibility index (Phi) is 4.81. The van der Waals surface area contributed by atoms with Gasteiger partial charge in [0.25, 0.3) is 0 Å². The molecule has 3 heterocycles. The minimum atomic E-state index is 0.0327. The van der Waals surface area contributed by atoms with Crippen molar-refractivity contribution < 1.29 is 4.79 Å². The molecule has 2 fully saturated rings. The van der Waals surface area contributed by atoms with Crippen LogP contribution < -0.4 is 0 Å². The first-order chi connectivity index (χ1) is 12.6. The number of hydrogen-bond donors (Lipinski definition) is 0. The van der Waals surface area contributed by atoms with Gasteiger partial charge in [-0.2, -0.15) is 5.10 Å². The summed E-state index contributed by atoms with van der Waals surface area (Å²) >= 11 is 0. The standard InChI is InChI=1S/C21H28N4O/c1-16-12-17(2)25(22-16)19-14-24(15-19)21(26)20-10-6-7-11-23(20)13-18-8-4-3-5-9-18/h3-5,8-9,12,19-20H,6-7,10-11,13-15H2,1-2H3/t20-/m1/s1. The van der Waals surface area contributed by atoms with Crippen molar-refractivity contribution in [2.75, 3.05) is 19.6 Å². The lowest BCUT2D eigenvalue weighted by Gasteiger charge is -2.44. The monoisotopic (exact) mass is 352 g/mol. The zero-order chi connectivity index (χ0) is 18.1. The zero-order valence-electron chi connectivity index (χ0n) is 15.8. The van der Waals surface area contributed by atoms with Gasteiger partial charge in [-0.1, -0.05) is 36.8 Å². The van der Waals surface area contributed by atoms with Gasteiger partial charge >= 0.3 is 0 Å². The molecule has 0 unspecified atom stereocenters. The molecule has 0 saturated carbocycles. The number of likely N-dealkylation sites (tertiary alicyclic amines) is 2. The zero-order valence-corrected chi connectivity index (χ0v) is 15.8. The van der Waals surface area contributed by atoms with Gasteiger partial charge in [0.15, 0.2) is 0 Å². The van der Waals surface area contributed by atoms with Crippen molar-refractivity contribution in [1.82, 2.24) is 19.6 Å². The van der Waals surface area contributed by atoms with Crippen molar-refractivity contribution in [1.29, 1.82) is 0 Å². The van der Waals surface area contributed by atoms with Crippen LogP contribution in [0.4, 0.5) is 0 Å². The fourth-order valence-electron chi connectivity index (χ4n) is 4.29. The maximum Gasteiger partial charge on any atom is 0.240 e. The lowest BCUT2D eigenvalue weighted by Crippen LogP contribution is -2.58. The molecule has 1 atom stereocenters. The molecule has 1 aromatic heterocycles. The number of aryl methyl sites for hydroxylation is 2. The van der Waals surface area contributed by atoms with Crippen LogP contribution in [0.1, 0.15) is 42.3 Å². The van der Waals surface area contributed by atoms with Crippen molar-refractivity contribution in [3.8, 4) is 0 Å². The Balaban J connectivity index is 1.39. The van der Waals surface area contributed by atoms with Crippen LogP contribution in [0.15, 0.2) is 36.4 Å². The first kappa shape index (κ1) is 17.3. The second kappa shape index (κ2) is 7.23. The molecule has 0 N–H and O–H groups in total. The van der Waals surface area contributed by atoms with Gasteiger partial charge in [0.2, 0.25) is 5.91 Å². The number of rotatable bonds is 4. The highest BCUT2D eigenvalue weighted by Crippen LogP contribution is 2.27. The van der Waals surface area contributed by atoms with Gasteiger partial charge in [-0.05, 0) is 44.9 Å². The van der Waals surface area contributed by atoms with Gasteiger partial charge in [-0.15, -0.1) is 0 Å². The van der Waals surface area contributed by atoms with Crippen LogP contribution in [-0.2, 0) is 11.3 Å². The highest BCUT2D eigenvalue weighted by Gasteiger charge is 2.39. The molecule has 4 rings (SSSR count). The van der Waals surface area contributed by atoms with Gasteiger partial charge in [0.05, 0.1) is 17.8 Å². The molecular formula is C21H28N4O. The Hall–Kier alpha value is -2.14. The van der Waals surface area contributed by atoms with Crippen LogP contribution >= 0.6 is 0 Å². The first-order valence-corrected chi connectivity index (χ1v) is 9.71. The quantitative estimate of drug-likeness (QED) is 0.849. The Bertz CT molecular complexity index is 764. The molecule has 2 aliphatic rings. The molecule has 2 aromatic rings. The number of nitrogens with zero attached hydrogens (tertiary/aromatic N) is 4. The summed E-state index contributed by atoms with van der Waals surface area (Å²) in [5.41, 5.74) is 3.52. The van der Waals surface area contributed by atoms with E-state index in [4.69, 9.17) is 0 Å². The average molecular weight is 352 g/mol.